The predicted molar refractivity (Wildman–Crippen MR) is 143 cm³/mol. The monoisotopic (exact) mass is 517 g/mol. The Balaban J connectivity index is 1.26. The van der Waals surface area contributed by atoms with E-state index in [1.165, 1.54) is 0 Å². The highest BCUT2D eigenvalue weighted by atomic mass is 17.2. The van der Waals surface area contributed by atoms with E-state index in [2.05, 4.69) is 0 Å². The Bertz CT molecular complexity index is 886. The lowest BCUT2D eigenvalue weighted by Gasteiger charge is -2.33. The molecule has 2 aliphatic heterocycles. The summed E-state index contributed by atoms with van der Waals surface area (Å²) >= 11 is 0. The number of hydrogen-bond donors (Lipinski definition) is 0. The van der Waals surface area contributed by atoms with Crippen LogP contribution in [0.3, 0.4) is 0 Å². The zero-order chi connectivity index (χ0) is 27.3. The number of benzene rings is 1. The van der Waals surface area contributed by atoms with Gasteiger partial charge in [-0.3, -0.25) is 4.89 Å². The summed E-state index contributed by atoms with van der Waals surface area (Å²) in [5.41, 5.74) is -0.0144. The summed E-state index contributed by atoms with van der Waals surface area (Å²) in [5.74, 6) is 0.120. The van der Waals surface area contributed by atoms with Crippen molar-refractivity contribution in [3.8, 4) is 0 Å². The van der Waals surface area contributed by atoms with Crippen molar-refractivity contribution in [2.24, 2.45) is 5.92 Å². The Hall–Kier alpha value is -2.10. The molecule has 0 unspecified atom stereocenters. The second-order valence-corrected chi connectivity index (χ2v) is 12.2. The summed E-state index contributed by atoms with van der Waals surface area (Å²) < 4.78 is 17.6. The van der Waals surface area contributed by atoms with Gasteiger partial charge in [-0.25, -0.2) is 9.59 Å². The zero-order valence-corrected chi connectivity index (χ0v) is 23.6. The number of carbonyl (C=O) groups is 2. The summed E-state index contributed by atoms with van der Waals surface area (Å²) in [5, 5.41) is 0. The molecule has 0 aliphatic carbocycles. The number of piperidine rings is 1. The molecule has 2 saturated heterocycles. The Morgan fingerprint density at radius 2 is 1.57 bits per heavy atom. The molecule has 2 aliphatic rings. The van der Waals surface area contributed by atoms with Crippen LogP contribution < -0.4 is 5.46 Å². The van der Waals surface area contributed by atoms with Gasteiger partial charge >= 0.3 is 19.2 Å². The van der Waals surface area contributed by atoms with Gasteiger partial charge in [0.15, 0.2) is 0 Å². The third-order valence-electron chi connectivity index (χ3n) is 7.41. The Kier molecular flexibility index (Phi) is 9.70. The Morgan fingerprint density at radius 1 is 0.973 bits per heavy atom. The highest BCUT2D eigenvalue weighted by Crippen LogP contribution is 2.36. The van der Waals surface area contributed by atoms with Crippen molar-refractivity contribution < 1.29 is 33.4 Å². The number of likely N-dealkylation sites (tertiary alicyclic amines) is 1. The minimum absolute atomic E-state index is 0.210. The number of hydrogen-bond acceptors (Lipinski definition) is 7. The lowest BCUT2D eigenvalue weighted by molar-refractivity contribution is -0.241. The van der Waals surface area contributed by atoms with Gasteiger partial charge in [-0.15, -0.1) is 0 Å². The molecule has 9 heteroatoms. The molecule has 0 atom stereocenters. The van der Waals surface area contributed by atoms with Crippen molar-refractivity contribution in [1.29, 1.82) is 0 Å². The Morgan fingerprint density at radius 3 is 2.14 bits per heavy atom. The van der Waals surface area contributed by atoms with Gasteiger partial charge in [0, 0.05) is 13.1 Å². The van der Waals surface area contributed by atoms with Gasteiger partial charge in [0.2, 0.25) is 0 Å². The van der Waals surface area contributed by atoms with Gasteiger partial charge in [-0.2, -0.15) is 4.89 Å². The van der Waals surface area contributed by atoms with Gasteiger partial charge in [-0.1, -0.05) is 31.4 Å². The van der Waals surface area contributed by atoms with Gasteiger partial charge in [0.25, 0.3) is 0 Å². The van der Waals surface area contributed by atoms with Crippen LogP contribution in [0.1, 0.15) is 97.3 Å². The normalized spacial score (nSPS) is 19.6. The number of rotatable bonds is 9. The van der Waals surface area contributed by atoms with Crippen molar-refractivity contribution >= 4 is 24.6 Å². The van der Waals surface area contributed by atoms with Crippen LogP contribution in [0.2, 0.25) is 0 Å². The smallest absolute Gasteiger partial charge is 0.444 e. The first-order chi connectivity index (χ1) is 17.3. The molecule has 8 nitrogen and oxygen atoms in total. The first kappa shape index (κ1) is 29.5. The molecule has 0 aromatic heterocycles. The molecule has 0 radical (unpaired) electrons. The van der Waals surface area contributed by atoms with Gasteiger partial charge in [0.05, 0.1) is 23.4 Å². The topological polar surface area (TPSA) is 83.5 Å². The second kappa shape index (κ2) is 12.2. The van der Waals surface area contributed by atoms with Crippen molar-refractivity contribution in [3.05, 3.63) is 29.8 Å². The number of amides is 1. The number of ether oxygens (including phenoxy) is 1. The summed E-state index contributed by atoms with van der Waals surface area (Å²) in [7, 11) is -0.469. The fraction of sp³-hybridized carbons (Fsp3) is 0.714. The molecule has 0 N–H and O–H groups in total. The van der Waals surface area contributed by atoms with E-state index in [9.17, 15) is 9.59 Å². The summed E-state index contributed by atoms with van der Waals surface area (Å²) in [6.45, 7) is 15.6. The van der Waals surface area contributed by atoms with Gasteiger partial charge in [0.1, 0.15) is 5.60 Å². The maximum absolute atomic E-state index is 12.3. The number of nitrogens with zero attached hydrogens (tertiary/aromatic N) is 1. The molecule has 0 spiro atoms. The fourth-order valence-corrected chi connectivity index (χ4v) is 4.40. The van der Waals surface area contributed by atoms with Gasteiger partial charge in [-0.05, 0) is 91.2 Å². The van der Waals surface area contributed by atoms with Crippen molar-refractivity contribution in [1.82, 2.24) is 4.90 Å². The van der Waals surface area contributed by atoms with E-state index in [1.54, 1.807) is 12.1 Å². The van der Waals surface area contributed by atoms with E-state index in [0.29, 0.717) is 18.1 Å². The first-order valence-electron chi connectivity index (χ1n) is 13.5. The molecule has 0 bridgehead atoms. The van der Waals surface area contributed by atoms with E-state index in [1.807, 2.05) is 65.5 Å². The molecule has 206 valence electrons. The number of carbonyl (C=O) groups excluding carboxylic acids is 2. The molecular weight excluding hydrogens is 473 g/mol. The standard InChI is InChI=1S/C28H44BNO7/c1-26(2,3)34-25(32)30-18-16-21(17-19-30)11-9-8-10-20-33-35-24(31)22-12-14-23(15-13-22)29-36-27(4,5)28(6,7)37-29/h12-15,21H,8-11,16-20H2,1-7H3. The quantitative estimate of drug-likeness (QED) is 0.191. The first-order valence-corrected chi connectivity index (χ1v) is 13.5. The fourth-order valence-electron chi connectivity index (χ4n) is 4.40. The molecule has 1 amide bonds. The molecule has 1 aromatic carbocycles. The molecule has 0 saturated carbocycles. The van der Waals surface area contributed by atoms with Crippen LogP contribution in [0.5, 0.6) is 0 Å². The summed E-state index contributed by atoms with van der Waals surface area (Å²) in [6, 6.07) is 7.02. The van der Waals surface area contributed by atoms with E-state index >= 15 is 0 Å². The average Bonchev–Trinajstić information content (AvgIpc) is 3.04. The SMILES string of the molecule is CC(C)(C)OC(=O)N1CCC(CCCCCOOC(=O)c2ccc(B3OC(C)(C)C(C)(C)O3)cc2)CC1. The molecule has 37 heavy (non-hydrogen) atoms. The minimum atomic E-state index is -0.516. The van der Waals surface area contributed by atoms with Crippen LogP contribution in [0.15, 0.2) is 24.3 Å². The van der Waals surface area contributed by atoms with E-state index < -0.39 is 29.9 Å². The van der Waals surface area contributed by atoms with Crippen LogP contribution in [0.4, 0.5) is 4.79 Å². The van der Waals surface area contributed by atoms with Crippen LogP contribution in [0, 0.1) is 5.92 Å². The van der Waals surface area contributed by atoms with E-state index in [4.69, 9.17) is 23.8 Å². The Labute approximate surface area is 222 Å². The number of unbranched alkanes of at least 4 members (excludes halogenated alkanes) is 2. The van der Waals surface area contributed by atoms with E-state index in [0.717, 1.165) is 57.1 Å². The van der Waals surface area contributed by atoms with Crippen molar-refractivity contribution in [2.75, 3.05) is 19.7 Å². The van der Waals surface area contributed by atoms with E-state index in [-0.39, 0.29) is 6.09 Å². The molecule has 1 aromatic rings. The highest BCUT2D eigenvalue weighted by Gasteiger charge is 2.51. The van der Waals surface area contributed by atoms with Crippen LogP contribution in [0.25, 0.3) is 0 Å². The molecule has 2 heterocycles. The summed E-state index contributed by atoms with van der Waals surface area (Å²) in [4.78, 5) is 36.4. The second-order valence-electron chi connectivity index (χ2n) is 12.2. The third kappa shape index (κ3) is 8.45. The lowest BCUT2D eigenvalue weighted by Crippen LogP contribution is -2.41. The maximum atomic E-state index is 12.3. The minimum Gasteiger partial charge on any atom is -0.444 e. The molecule has 2 fully saturated rings. The lowest BCUT2D eigenvalue weighted by atomic mass is 9.79. The van der Waals surface area contributed by atoms with Crippen LogP contribution >= 0.6 is 0 Å². The molecular formula is C28H44BNO7. The zero-order valence-electron chi connectivity index (χ0n) is 23.6. The van der Waals surface area contributed by atoms with Crippen LogP contribution in [-0.4, -0.2) is 60.6 Å². The van der Waals surface area contributed by atoms with Crippen LogP contribution in [-0.2, 0) is 23.8 Å². The highest BCUT2D eigenvalue weighted by molar-refractivity contribution is 6.62. The molecule has 3 rings (SSSR count). The largest absolute Gasteiger partial charge is 0.494 e. The summed E-state index contributed by atoms with van der Waals surface area (Å²) in [6.07, 6.45) is 5.88. The van der Waals surface area contributed by atoms with Gasteiger partial charge < -0.3 is 18.9 Å². The average molecular weight is 517 g/mol. The third-order valence-corrected chi connectivity index (χ3v) is 7.41. The predicted octanol–water partition coefficient (Wildman–Crippen LogP) is 5.28. The maximum Gasteiger partial charge on any atom is 0.494 e. The van der Waals surface area contributed by atoms with Crippen molar-refractivity contribution in [2.45, 2.75) is 104 Å². The van der Waals surface area contributed by atoms with Crippen molar-refractivity contribution in [3.63, 3.8) is 0 Å².